The average molecular weight is 258 g/mol. The van der Waals surface area contributed by atoms with Crippen LogP contribution in [0.2, 0.25) is 0 Å². The van der Waals surface area contributed by atoms with Crippen LogP contribution < -0.4 is 0 Å². The molecule has 0 amide bonds. The van der Waals surface area contributed by atoms with E-state index in [1.807, 2.05) is 12.4 Å². The maximum absolute atomic E-state index is 4.09. The van der Waals surface area contributed by atoms with Crippen LogP contribution in [0.5, 0.6) is 0 Å². The quantitative estimate of drug-likeness (QED) is 0.826. The van der Waals surface area contributed by atoms with E-state index in [-0.39, 0.29) is 0 Å². The smallest absolute Gasteiger partial charge is 0.0270 e. The van der Waals surface area contributed by atoms with Crippen molar-refractivity contribution in [1.82, 2.24) is 9.88 Å². The molecule has 1 aromatic heterocycles. The van der Waals surface area contributed by atoms with Crippen LogP contribution in [0.4, 0.5) is 0 Å². The second kappa shape index (κ2) is 4.59. The standard InChI is InChI=1S/C17H26N2/c1-16(2)15-4-8-17(16,3)13-19(12-15)11-7-14-5-9-18-10-6-14/h5-6,9-10,15H,4,7-8,11-13H2,1-3H3/t15?,17-/m0/s1. The van der Waals surface area contributed by atoms with E-state index in [1.54, 1.807) is 0 Å². The van der Waals surface area contributed by atoms with Crippen molar-refractivity contribution in [3.8, 4) is 0 Å². The minimum absolute atomic E-state index is 0.522. The number of nitrogens with zero attached hydrogens (tertiary/aromatic N) is 2. The molecule has 2 atom stereocenters. The van der Waals surface area contributed by atoms with Gasteiger partial charge in [-0.25, -0.2) is 0 Å². The van der Waals surface area contributed by atoms with Gasteiger partial charge in [0.05, 0.1) is 0 Å². The second-order valence-electron chi connectivity index (χ2n) is 7.36. The van der Waals surface area contributed by atoms with Gasteiger partial charge in [-0.05, 0) is 53.7 Å². The summed E-state index contributed by atoms with van der Waals surface area (Å²) in [6.45, 7) is 11.3. The van der Waals surface area contributed by atoms with Crippen molar-refractivity contribution in [3.63, 3.8) is 0 Å². The van der Waals surface area contributed by atoms with Crippen molar-refractivity contribution < 1.29 is 0 Å². The average Bonchev–Trinajstić information content (AvgIpc) is 2.56. The molecule has 1 aromatic rings. The third-order valence-electron chi connectivity index (χ3n) is 6.14. The highest BCUT2D eigenvalue weighted by Gasteiger charge is 2.55. The first kappa shape index (κ1) is 13.1. The van der Waals surface area contributed by atoms with Gasteiger partial charge in [0.2, 0.25) is 0 Å². The lowest BCUT2D eigenvalue weighted by Crippen LogP contribution is -2.52. The number of hydrogen-bond donors (Lipinski definition) is 0. The summed E-state index contributed by atoms with van der Waals surface area (Å²) in [7, 11) is 0. The van der Waals surface area contributed by atoms with E-state index in [1.165, 1.54) is 38.0 Å². The van der Waals surface area contributed by atoms with E-state index in [4.69, 9.17) is 0 Å². The number of pyridine rings is 1. The zero-order chi connectivity index (χ0) is 13.5. The van der Waals surface area contributed by atoms with Gasteiger partial charge in [-0.2, -0.15) is 0 Å². The number of rotatable bonds is 3. The number of likely N-dealkylation sites (tertiary alicyclic amines) is 1. The molecule has 1 aliphatic carbocycles. The molecule has 0 aromatic carbocycles. The minimum atomic E-state index is 0.522. The fourth-order valence-electron chi connectivity index (χ4n) is 4.15. The van der Waals surface area contributed by atoms with E-state index in [0.29, 0.717) is 10.8 Å². The lowest BCUT2D eigenvalue weighted by molar-refractivity contribution is -0.0169. The lowest BCUT2D eigenvalue weighted by atomic mass is 9.63. The summed E-state index contributed by atoms with van der Waals surface area (Å²) in [6, 6.07) is 4.29. The normalized spacial score (nSPS) is 33.5. The molecule has 3 rings (SSSR count). The molecular weight excluding hydrogens is 232 g/mol. The van der Waals surface area contributed by atoms with Gasteiger partial charge in [0.15, 0.2) is 0 Å². The molecule has 2 fully saturated rings. The highest BCUT2D eigenvalue weighted by atomic mass is 15.2. The molecule has 2 heterocycles. The van der Waals surface area contributed by atoms with Gasteiger partial charge in [0.25, 0.3) is 0 Å². The van der Waals surface area contributed by atoms with Crippen molar-refractivity contribution >= 4 is 0 Å². The second-order valence-corrected chi connectivity index (χ2v) is 7.36. The van der Waals surface area contributed by atoms with Crippen LogP contribution in [0, 0.1) is 16.7 Å². The molecule has 1 saturated heterocycles. The van der Waals surface area contributed by atoms with Crippen LogP contribution in [0.1, 0.15) is 39.2 Å². The Hall–Kier alpha value is -0.890. The molecular formula is C17H26N2. The maximum atomic E-state index is 4.09. The summed E-state index contributed by atoms with van der Waals surface area (Å²) in [5.74, 6) is 0.892. The van der Waals surface area contributed by atoms with Crippen LogP contribution in [0.15, 0.2) is 24.5 Å². The molecule has 19 heavy (non-hydrogen) atoms. The predicted octanol–water partition coefficient (Wildman–Crippen LogP) is 3.38. The first-order valence-electron chi connectivity index (χ1n) is 7.62. The first-order valence-corrected chi connectivity index (χ1v) is 7.62. The minimum Gasteiger partial charge on any atom is -0.302 e. The van der Waals surface area contributed by atoms with Crippen molar-refractivity contribution in [3.05, 3.63) is 30.1 Å². The van der Waals surface area contributed by atoms with Crippen LogP contribution >= 0.6 is 0 Å². The largest absolute Gasteiger partial charge is 0.302 e. The third-order valence-corrected chi connectivity index (χ3v) is 6.14. The molecule has 0 spiro atoms. The number of piperidine rings is 1. The fraction of sp³-hybridized carbons (Fsp3) is 0.706. The van der Waals surface area contributed by atoms with Crippen LogP contribution in [0.3, 0.4) is 0 Å². The maximum Gasteiger partial charge on any atom is 0.0270 e. The van der Waals surface area contributed by atoms with E-state index in [0.717, 1.165) is 12.3 Å². The zero-order valence-electron chi connectivity index (χ0n) is 12.5. The third kappa shape index (κ3) is 2.20. The molecule has 1 saturated carbocycles. The Morgan fingerprint density at radius 3 is 2.68 bits per heavy atom. The van der Waals surface area contributed by atoms with E-state index in [9.17, 15) is 0 Å². The molecule has 104 valence electrons. The van der Waals surface area contributed by atoms with Crippen LogP contribution in [-0.4, -0.2) is 29.5 Å². The topological polar surface area (TPSA) is 16.1 Å². The Bertz CT molecular complexity index is 440. The van der Waals surface area contributed by atoms with E-state index < -0.39 is 0 Å². The Labute approximate surface area is 117 Å². The summed E-state index contributed by atoms with van der Waals surface area (Å²) < 4.78 is 0. The molecule has 2 nitrogen and oxygen atoms in total. The highest BCUT2D eigenvalue weighted by molar-refractivity contribution is 5.11. The van der Waals surface area contributed by atoms with Gasteiger partial charge in [0, 0.05) is 32.0 Å². The van der Waals surface area contributed by atoms with Crippen molar-refractivity contribution in [2.75, 3.05) is 19.6 Å². The molecule has 0 N–H and O–H groups in total. The van der Waals surface area contributed by atoms with Crippen molar-refractivity contribution in [2.24, 2.45) is 16.7 Å². The van der Waals surface area contributed by atoms with Gasteiger partial charge >= 0.3 is 0 Å². The Morgan fingerprint density at radius 1 is 1.26 bits per heavy atom. The Morgan fingerprint density at radius 2 is 2.00 bits per heavy atom. The number of fused-ring (bicyclic) bond motifs is 2. The highest BCUT2D eigenvalue weighted by Crippen LogP contribution is 2.58. The summed E-state index contributed by atoms with van der Waals surface area (Å²) >= 11 is 0. The summed E-state index contributed by atoms with van der Waals surface area (Å²) in [4.78, 5) is 6.79. The number of hydrogen-bond acceptors (Lipinski definition) is 2. The zero-order valence-corrected chi connectivity index (χ0v) is 12.5. The molecule has 1 unspecified atom stereocenters. The van der Waals surface area contributed by atoms with Gasteiger partial charge in [-0.15, -0.1) is 0 Å². The van der Waals surface area contributed by atoms with Gasteiger partial charge < -0.3 is 4.90 Å². The Kier molecular flexibility index (Phi) is 3.17. The molecule has 2 aliphatic rings. The van der Waals surface area contributed by atoms with E-state index in [2.05, 4.69) is 42.8 Å². The molecule has 2 heteroatoms. The van der Waals surface area contributed by atoms with Crippen LogP contribution in [-0.2, 0) is 6.42 Å². The molecule has 0 radical (unpaired) electrons. The van der Waals surface area contributed by atoms with Gasteiger partial charge in [-0.3, -0.25) is 4.98 Å². The van der Waals surface area contributed by atoms with Gasteiger partial charge in [0.1, 0.15) is 0 Å². The summed E-state index contributed by atoms with van der Waals surface area (Å²) in [6.07, 6.45) is 7.80. The monoisotopic (exact) mass is 258 g/mol. The summed E-state index contributed by atoms with van der Waals surface area (Å²) in [5.41, 5.74) is 2.46. The molecule has 2 bridgehead atoms. The van der Waals surface area contributed by atoms with Crippen LogP contribution in [0.25, 0.3) is 0 Å². The fourth-order valence-corrected chi connectivity index (χ4v) is 4.15. The predicted molar refractivity (Wildman–Crippen MR) is 79.0 cm³/mol. The summed E-state index contributed by atoms with van der Waals surface area (Å²) in [5, 5.41) is 0. The van der Waals surface area contributed by atoms with Crippen molar-refractivity contribution in [1.29, 1.82) is 0 Å². The van der Waals surface area contributed by atoms with Crippen molar-refractivity contribution in [2.45, 2.75) is 40.0 Å². The number of aromatic nitrogens is 1. The Balaban J connectivity index is 1.63. The van der Waals surface area contributed by atoms with Gasteiger partial charge in [-0.1, -0.05) is 20.8 Å². The lowest BCUT2D eigenvalue weighted by Gasteiger charge is -2.50. The molecule has 1 aliphatic heterocycles. The first-order chi connectivity index (χ1) is 9.01. The SMILES string of the molecule is CC1(C)C2CC[C@@]1(C)CN(CCc1ccncc1)C2. The van der Waals surface area contributed by atoms with E-state index >= 15 is 0 Å².